The van der Waals surface area contributed by atoms with Gasteiger partial charge in [-0.05, 0) is 6.42 Å². The van der Waals surface area contributed by atoms with Gasteiger partial charge in [-0.15, -0.1) is 0 Å². The molecule has 0 bridgehead atoms. The van der Waals surface area contributed by atoms with Crippen LogP contribution in [0.2, 0.25) is 0 Å². The van der Waals surface area contributed by atoms with E-state index >= 15 is 0 Å². The van der Waals surface area contributed by atoms with Crippen LogP contribution in [0, 0.1) is 0 Å². The van der Waals surface area contributed by atoms with Gasteiger partial charge in [-0.25, -0.2) is 8.42 Å². The summed E-state index contributed by atoms with van der Waals surface area (Å²) in [7, 11) is -3.52. The van der Waals surface area contributed by atoms with Gasteiger partial charge in [0.25, 0.3) is 0 Å². The van der Waals surface area contributed by atoms with Gasteiger partial charge in [0.15, 0.2) is 0 Å². The monoisotopic (exact) mass is 416 g/mol. The Balaban J connectivity index is 0. The van der Waals surface area contributed by atoms with E-state index in [1.54, 1.807) is 0 Å². The summed E-state index contributed by atoms with van der Waals surface area (Å²) in [4.78, 5) is 11.3. The second-order valence-corrected chi connectivity index (χ2v) is 8.44. The molecule has 0 saturated carbocycles. The maximum atomic E-state index is 11.3. The van der Waals surface area contributed by atoms with Gasteiger partial charge in [0.1, 0.15) is 15.4 Å². The molecule has 150 valence electrons. The van der Waals surface area contributed by atoms with Gasteiger partial charge >= 0.3 is 57.4 Å². The fraction of sp³-hybridized carbons (Fsp3) is 0.947. The zero-order chi connectivity index (χ0) is 19.0. The average Bonchev–Trinajstić information content (AvgIpc) is 2.56. The predicted molar refractivity (Wildman–Crippen MR) is 100 cm³/mol. The molecule has 0 radical (unpaired) electrons. The molecule has 0 heterocycles. The molecule has 26 heavy (non-hydrogen) atoms. The topological polar surface area (TPSA) is 83.5 Å². The van der Waals surface area contributed by atoms with Crippen LogP contribution >= 0.6 is 0 Å². The fourth-order valence-corrected chi connectivity index (χ4v) is 3.82. The first-order chi connectivity index (χ1) is 11.9. The molecule has 0 aromatic carbocycles. The molecule has 0 aliphatic carbocycles. The van der Waals surface area contributed by atoms with Crippen molar-refractivity contribution in [2.45, 2.75) is 108 Å². The molecule has 1 unspecified atom stereocenters. The summed E-state index contributed by atoms with van der Waals surface area (Å²) < 4.78 is 37.5. The van der Waals surface area contributed by atoms with Crippen LogP contribution in [-0.2, 0) is 19.6 Å². The van der Waals surface area contributed by atoms with Crippen molar-refractivity contribution in [2.24, 2.45) is 0 Å². The van der Waals surface area contributed by atoms with Crippen molar-refractivity contribution in [1.82, 2.24) is 0 Å². The molecule has 0 aromatic heterocycles. The van der Waals surface area contributed by atoms with E-state index in [4.69, 9.17) is 0 Å². The van der Waals surface area contributed by atoms with Crippen molar-refractivity contribution < 1.29 is 73.9 Å². The van der Waals surface area contributed by atoms with E-state index < -0.39 is 21.3 Å². The second-order valence-electron chi connectivity index (χ2n) is 6.89. The van der Waals surface area contributed by atoms with E-state index in [1.165, 1.54) is 64.2 Å². The van der Waals surface area contributed by atoms with Crippen molar-refractivity contribution in [3.05, 3.63) is 0 Å². The molecule has 0 N–H and O–H groups in total. The quantitative estimate of drug-likeness (QED) is 0.157. The van der Waals surface area contributed by atoms with E-state index in [0.29, 0.717) is 6.42 Å². The smallest absolute Gasteiger partial charge is 0.747 e. The Morgan fingerprint density at radius 2 is 1.15 bits per heavy atom. The predicted octanol–water partition coefficient (Wildman–Crippen LogP) is 1.95. The molecular formula is C19H37KO5S. The summed E-state index contributed by atoms with van der Waals surface area (Å²) in [5, 5.41) is -1.55. The molecule has 0 amide bonds. The van der Waals surface area contributed by atoms with Crippen LogP contribution < -0.4 is 51.4 Å². The maximum Gasteiger partial charge on any atom is 1.00 e. The number of ether oxygens (including phenoxy) is 1. The standard InChI is InChI=1S/C19H38O5S.K/c1-3-4-5-6-7-8-9-10-11-12-13-14-15-16-17-18(19(20)24-2)25(21,22)23;/h18H,3-17H2,1-2H3,(H,21,22,23);/q;+1/p-1. The third kappa shape index (κ3) is 17.1. The Morgan fingerprint density at radius 1 is 0.808 bits per heavy atom. The SMILES string of the molecule is CCCCCCCCCCCCCCCCC(C(=O)OC)S(=O)(=O)[O-].[K+]. The van der Waals surface area contributed by atoms with Crippen LogP contribution in [0.1, 0.15) is 103 Å². The van der Waals surface area contributed by atoms with Gasteiger partial charge in [0.05, 0.1) is 7.11 Å². The normalized spacial score (nSPS) is 12.4. The van der Waals surface area contributed by atoms with Crippen LogP contribution in [0.15, 0.2) is 0 Å². The van der Waals surface area contributed by atoms with Crippen molar-refractivity contribution in [2.75, 3.05) is 7.11 Å². The molecule has 0 saturated heterocycles. The van der Waals surface area contributed by atoms with Gasteiger partial charge in [-0.1, -0.05) is 96.8 Å². The first-order valence-corrected chi connectivity index (χ1v) is 11.4. The van der Waals surface area contributed by atoms with Gasteiger partial charge in [0, 0.05) is 0 Å². The average molecular weight is 417 g/mol. The van der Waals surface area contributed by atoms with Crippen LogP contribution in [-0.4, -0.2) is 31.3 Å². The first kappa shape index (κ1) is 29.2. The van der Waals surface area contributed by atoms with E-state index in [-0.39, 0.29) is 57.8 Å². The molecular weight excluding hydrogens is 379 g/mol. The molecule has 0 aliphatic heterocycles. The molecule has 5 nitrogen and oxygen atoms in total. The summed E-state index contributed by atoms with van der Waals surface area (Å²) in [5.74, 6) is -0.940. The molecule has 0 rings (SSSR count). The number of unbranched alkanes of at least 4 members (excludes halogenated alkanes) is 13. The van der Waals surface area contributed by atoms with Crippen molar-refractivity contribution >= 4 is 16.1 Å². The van der Waals surface area contributed by atoms with E-state index in [2.05, 4.69) is 11.7 Å². The summed E-state index contributed by atoms with van der Waals surface area (Å²) >= 11 is 0. The molecule has 0 aromatic rings. The number of carbonyl (C=O) groups is 1. The van der Waals surface area contributed by atoms with E-state index in [1.807, 2.05) is 0 Å². The molecule has 0 fully saturated rings. The van der Waals surface area contributed by atoms with Crippen molar-refractivity contribution in [3.63, 3.8) is 0 Å². The third-order valence-corrected chi connectivity index (χ3v) is 5.76. The number of esters is 1. The summed E-state index contributed by atoms with van der Waals surface area (Å²) in [6.45, 7) is 2.24. The number of rotatable bonds is 17. The minimum atomic E-state index is -4.62. The number of carbonyl (C=O) groups excluding carboxylic acids is 1. The third-order valence-electron chi connectivity index (χ3n) is 4.63. The maximum absolute atomic E-state index is 11.3. The van der Waals surface area contributed by atoms with E-state index in [9.17, 15) is 17.8 Å². The molecule has 7 heteroatoms. The van der Waals surface area contributed by atoms with Crippen LogP contribution in [0.3, 0.4) is 0 Å². The number of hydrogen-bond donors (Lipinski definition) is 0. The first-order valence-electron chi connectivity index (χ1n) is 9.96. The Morgan fingerprint density at radius 3 is 1.46 bits per heavy atom. The van der Waals surface area contributed by atoms with Crippen molar-refractivity contribution in [3.8, 4) is 0 Å². The summed E-state index contributed by atoms with van der Waals surface area (Å²) in [6, 6.07) is 0. The molecule has 0 aliphatic rings. The van der Waals surface area contributed by atoms with Gasteiger partial charge in [-0.2, -0.15) is 0 Å². The van der Waals surface area contributed by atoms with Gasteiger partial charge in [-0.3, -0.25) is 4.79 Å². The minimum absolute atomic E-state index is 0. The molecule has 1 atom stereocenters. The van der Waals surface area contributed by atoms with E-state index in [0.717, 1.165) is 26.4 Å². The Bertz CT molecular complexity index is 426. The van der Waals surface area contributed by atoms with Crippen LogP contribution in [0.5, 0.6) is 0 Å². The van der Waals surface area contributed by atoms with Gasteiger partial charge in [0.2, 0.25) is 0 Å². The Kier molecular flexibility index (Phi) is 21.7. The minimum Gasteiger partial charge on any atom is -0.747 e. The Hall–Kier alpha value is 1.02. The zero-order valence-electron chi connectivity index (χ0n) is 17.1. The summed E-state index contributed by atoms with van der Waals surface area (Å²) in [5.41, 5.74) is 0. The van der Waals surface area contributed by atoms with Gasteiger partial charge < -0.3 is 9.29 Å². The van der Waals surface area contributed by atoms with Crippen LogP contribution in [0.4, 0.5) is 0 Å². The number of hydrogen-bond acceptors (Lipinski definition) is 5. The summed E-state index contributed by atoms with van der Waals surface area (Å²) in [6.07, 6.45) is 16.8. The Labute approximate surface area is 203 Å². The zero-order valence-corrected chi connectivity index (χ0v) is 21.1. The second kappa shape index (κ2) is 19.3. The largest absolute Gasteiger partial charge is 1.00 e. The van der Waals surface area contributed by atoms with Crippen molar-refractivity contribution in [1.29, 1.82) is 0 Å². The van der Waals surface area contributed by atoms with Crippen LogP contribution in [0.25, 0.3) is 0 Å². The molecule has 0 spiro atoms. The number of methoxy groups -OCH3 is 1. The fourth-order valence-electron chi connectivity index (χ4n) is 3.04.